The molecule has 0 radical (unpaired) electrons. The van der Waals surface area contributed by atoms with Crippen molar-refractivity contribution < 1.29 is 9.53 Å². The Balaban J connectivity index is 1.78. The molecule has 0 saturated heterocycles. The molecule has 2 aromatic carbocycles. The summed E-state index contributed by atoms with van der Waals surface area (Å²) < 4.78 is 5.76. The van der Waals surface area contributed by atoms with Crippen molar-refractivity contribution >= 4 is 17.4 Å². The molecule has 0 amide bonds. The third-order valence-electron chi connectivity index (χ3n) is 5.11. The summed E-state index contributed by atoms with van der Waals surface area (Å²) in [6.07, 6.45) is 0.897. The number of allylic oxidation sites excluding steroid dienone is 3. The summed E-state index contributed by atoms with van der Waals surface area (Å²) in [6.45, 7) is 0. The second-order valence-electron chi connectivity index (χ2n) is 6.76. The summed E-state index contributed by atoms with van der Waals surface area (Å²) in [5.41, 5.74) is 8.74. The van der Waals surface area contributed by atoms with Gasteiger partial charge in [-0.15, -0.1) is 0 Å². The van der Waals surface area contributed by atoms with E-state index < -0.39 is 5.92 Å². The lowest BCUT2D eigenvalue weighted by Crippen LogP contribution is -2.29. The average molecular weight is 377 g/mol. The molecule has 1 aliphatic carbocycles. The Morgan fingerprint density at radius 3 is 2.52 bits per heavy atom. The number of nitriles is 1. The number of carbonyl (C=O) groups excluding carboxylic acids is 1. The van der Waals surface area contributed by atoms with Gasteiger partial charge < -0.3 is 10.5 Å². The summed E-state index contributed by atoms with van der Waals surface area (Å²) in [6, 6.07) is 19.1. The van der Waals surface area contributed by atoms with E-state index in [0.29, 0.717) is 29.2 Å². The van der Waals surface area contributed by atoms with Crippen molar-refractivity contribution in [3.05, 3.63) is 93.5 Å². The standard InChI is InChI=1S/C22H17ClN2O2/c23-16-8-4-7-14(9-16)15-10-18(26)21-19(11-15)27-22(25)17(12-24)20(21)13-5-2-1-3-6-13/h1-9,15,20H,10-11,25H2/t15-,20-/m1/s1. The number of Topliss-reactive ketones (excluding diaryl/α,β-unsaturated/α-hetero) is 1. The summed E-state index contributed by atoms with van der Waals surface area (Å²) in [5.74, 6) is 0.108. The van der Waals surface area contributed by atoms with E-state index in [1.807, 2.05) is 54.6 Å². The number of rotatable bonds is 2. The van der Waals surface area contributed by atoms with Crippen LogP contribution >= 0.6 is 11.6 Å². The quantitative estimate of drug-likeness (QED) is 0.834. The van der Waals surface area contributed by atoms with Gasteiger partial charge in [0.1, 0.15) is 17.4 Å². The molecule has 0 spiro atoms. The van der Waals surface area contributed by atoms with Crippen LogP contribution in [0.3, 0.4) is 0 Å². The Hall–Kier alpha value is -3.03. The molecule has 0 saturated carbocycles. The zero-order valence-electron chi connectivity index (χ0n) is 14.5. The molecule has 27 heavy (non-hydrogen) atoms. The zero-order valence-corrected chi connectivity index (χ0v) is 15.2. The highest BCUT2D eigenvalue weighted by Gasteiger charge is 2.40. The zero-order chi connectivity index (χ0) is 19.0. The molecule has 2 atom stereocenters. The highest BCUT2D eigenvalue weighted by atomic mass is 35.5. The van der Waals surface area contributed by atoms with Gasteiger partial charge in [-0.2, -0.15) is 5.26 Å². The molecule has 2 N–H and O–H groups in total. The summed E-state index contributed by atoms with van der Waals surface area (Å²) in [5, 5.41) is 10.3. The minimum atomic E-state index is -0.479. The van der Waals surface area contributed by atoms with Crippen LogP contribution in [0, 0.1) is 11.3 Å². The normalized spacial score (nSPS) is 22.1. The predicted octanol–water partition coefficient (Wildman–Crippen LogP) is 4.55. The van der Waals surface area contributed by atoms with E-state index in [2.05, 4.69) is 6.07 Å². The second kappa shape index (κ2) is 6.94. The van der Waals surface area contributed by atoms with Crippen LogP contribution in [0.4, 0.5) is 0 Å². The first-order valence-electron chi connectivity index (χ1n) is 8.72. The van der Waals surface area contributed by atoms with Crippen LogP contribution in [-0.2, 0) is 9.53 Å². The van der Waals surface area contributed by atoms with Gasteiger partial charge in [-0.3, -0.25) is 4.79 Å². The minimum absolute atomic E-state index is 0.0182. The van der Waals surface area contributed by atoms with Crippen molar-refractivity contribution in [2.24, 2.45) is 5.73 Å². The van der Waals surface area contributed by atoms with Crippen LogP contribution < -0.4 is 5.73 Å². The highest BCUT2D eigenvalue weighted by molar-refractivity contribution is 6.30. The third-order valence-corrected chi connectivity index (χ3v) is 5.35. The molecule has 1 aliphatic heterocycles. The van der Waals surface area contributed by atoms with Gasteiger partial charge in [0, 0.05) is 23.4 Å². The fourth-order valence-electron chi connectivity index (χ4n) is 3.88. The molecule has 0 aromatic heterocycles. The summed E-state index contributed by atoms with van der Waals surface area (Å²) in [7, 11) is 0. The maximum absolute atomic E-state index is 13.1. The molecule has 2 aliphatic rings. The van der Waals surface area contributed by atoms with Crippen LogP contribution in [0.2, 0.25) is 5.02 Å². The van der Waals surface area contributed by atoms with Crippen molar-refractivity contribution in [3.8, 4) is 6.07 Å². The molecule has 4 rings (SSSR count). The van der Waals surface area contributed by atoms with Crippen molar-refractivity contribution in [2.45, 2.75) is 24.7 Å². The molecule has 134 valence electrons. The van der Waals surface area contributed by atoms with Crippen molar-refractivity contribution in [1.29, 1.82) is 5.26 Å². The lowest BCUT2D eigenvalue weighted by Gasteiger charge is -2.34. The van der Waals surface area contributed by atoms with E-state index in [1.54, 1.807) is 0 Å². The van der Waals surface area contributed by atoms with Gasteiger partial charge in [-0.25, -0.2) is 0 Å². The van der Waals surface area contributed by atoms with Crippen molar-refractivity contribution in [2.75, 3.05) is 0 Å². The van der Waals surface area contributed by atoms with Crippen LogP contribution in [0.5, 0.6) is 0 Å². The van der Waals surface area contributed by atoms with Gasteiger partial charge in [0.05, 0.1) is 5.92 Å². The van der Waals surface area contributed by atoms with Crippen LogP contribution in [0.25, 0.3) is 0 Å². The highest BCUT2D eigenvalue weighted by Crippen LogP contribution is 2.46. The van der Waals surface area contributed by atoms with E-state index in [-0.39, 0.29) is 23.2 Å². The number of nitrogens with two attached hydrogens (primary N) is 1. The third kappa shape index (κ3) is 3.11. The van der Waals surface area contributed by atoms with Crippen molar-refractivity contribution in [1.82, 2.24) is 0 Å². The molecule has 0 unspecified atom stereocenters. The minimum Gasteiger partial charge on any atom is -0.444 e. The first kappa shape index (κ1) is 17.4. The first-order valence-corrected chi connectivity index (χ1v) is 9.10. The Morgan fingerprint density at radius 1 is 1.07 bits per heavy atom. The summed E-state index contributed by atoms with van der Waals surface area (Å²) in [4.78, 5) is 13.1. The molecular formula is C22H17ClN2O2. The van der Waals surface area contributed by atoms with Gasteiger partial charge in [-0.05, 0) is 29.2 Å². The fourth-order valence-corrected chi connectivity index (χ4v) is 4.08. The molecule has 1 heterocycles. The Morgan fingerprint density at radius 2 is 1.81 bits per heavy atom. The predicted molar refractivity (Wildman–Crippen MR) is 103 cm³/mol. The van der Waals surface area contributed by atoms with Gasteiger partial charge in [0.2, 0.25) is 5.88 Å². The van der Waals surface area contributed by atoms with Gasteiger partial charge >= 0.3 is 0 Å². The molecule has 0 fully saturated rings. The maximum Gasteiger partial charge on any atom is 0.205 e. The van der Waals surface area contributed by atoms with E-state index in [1.165, 1.54) is 0 Å². The lowest BCUT2D eigenvalue weighted by molar-refractivity contribution is -0.117. The Labute approximate surface area is 162 Å². The molecular weight excluding hydrogens is 360 g/mol. The first-order chi connectivity index (χ1) is 13.1. The number of benzene rings is 2. The van der Waals surface area contributed by atoms with Crippen molar-refractivity contribution in [3.63, 3.8) is 0 Å². The number of hydrogen-bond acceptors (Lipinski definition) is 4. The fraction of sp³-hybridized carbons (Fsp3) is 0.182. The number of hydrogen-bond donors (Lipinski definition) is 1. The SMILES string of the molecule is N#CC1=C(N)OC2=C(C(=O)C[C@@H](c3cccc(Cl)c3)C2)[C@@H]1c1ccccc1. The van der Waals surface area contributed by atoms with E-state index >= 15 is 0 Å². The number of carbonyl (C=O) groups is 1. The van der Waals surface area contributed by atoms with E-state index in [9.17, 15) is 10.1 Å². The number of halogens is 1. The number of ether oxygens (including phenoxy) is 1. The smallest absolute Gasteiger partial charge is 0.205 e. The molecule has 4 nitrogen and oxygen atoms in total. The largest absolute Gasteiger partial charge is 0.444 e. The second-order valence-corrected chi connectivity index (χ2v) is 7.19. The molecule has 5 heteroatoms. The summed E-state index contributed by atoms with van der Waals surface area (Å²) >= 11 is 6.11. The van der Waals surface area contributed by atoms with Gasteiger partial charge in [0.25, 0.3) is 0 Å². The monoisotopic (exact) mass is 376 g/mol. The Bertz CT molecular complexity index is 1020. The maximum atomic E-state index is 13.1. The number of nitrogens with zero attached hydrogens (tertiary/aromatic N) is 1. The van der Waals surface area contributed by atoms with E-state index in [4.69, 9.17) is 22.1 Å². The number of ketones is 1. The van der Waals surface area contributed by atoms with Gasteiger partial charge in [-0.1, -0.05) is 54.1 Å². The topological polar surface area (TPSA) is 76.1 Å². The van der Waals surface area contributed by atoms with E-state index in [0.717, 1.165) is 11.1 Å². The van der Waals surface area contributed by atoms with Gasteiger partial charge in [0.15, 0.2) is 5.78 Å². The van der Waals surface area contributed by atoms with Crippen LogP contribution in [0.15, 0.2) is 77.4 Å². The Kier molecular flexibility index (Phi) is 4.47. The average Bonchev–Trinajstić information content (AvgIpc) is 2.67. The molecule has 2 aromatic rings. The lowest BCUT2D eigenvalue weighted by atomic mass is 9.73. The van der Waals surface area contributed by atoms with Crippen LogP contribution in [-0.4, -0.2) is 5.78 Å². The molecule has 0 bridgehead atoms. The van der Waals surface area contributed by atoms with Crippen LogP contribution in [0.1, 0.15) is 35.8 Å².